The van der Waals surface area contributed by atoms with Gasteiger partial charge >= 0.3 is 0 Å². The van der Waals surface area contributed by atoms with Gasteiger partial charge in [-0.3, -0.25) is 0 Å². The topological polar surface area (TPSA) is 22.1 Å². The highest BCUT2D eigenvalue weighted by Gasteiger charge is 2.10. The van der Waals surface area contributed by atoms with Gasteiger partial charge in [-0.2, -0.15) is 0 Å². The fraction of sp³-hybridized carbons (Fsp3) is 0.250. The molecule has 90 valence electrons. The molecule has 0 unspecified atom stereocenters. The minimum atomic E-state index is 0.600. The van der Waals surface area contributed by atoms with Gasteiger partial charge in [0.15, 0.2) is 0 Å². The molecule has 1 aromatic heterocycles. The Morgan fingerprint density at radius 2 is 2.29 bits per heavy atom. The number of rotatable bonds is 4. The molecule has 0 aliphatic rings. The van der Waals surface area contributed by atoms with Crippen LogP contribution >= 0.6 is 38.9 Å². The van der Waals surface area contributed by atoms with Gasteiger partial charge in [0.05, 0.1) is 17.8 Å². The molecule has 1 heterocycles. The predicted molar refractivity (Wildman–Crippen MR) is 76.2 cm³/mol. The summed E-state index contributed by atoms with van der Waals surface area (Å²) >= 11 is 10.8. The summed E-state index contributed by atoms with van der Waals surface area (Å²) in [6.45, 7) is 0. The van der Waals surface area contributed by atoms with Crippen LogP contribution in [0.2, 0.25) is 0 Å². The Balaban J connectivity index is 2.40. The van der Waals surface area contributed by atoms with E-state index in [1.807, 2.05) is 23.6 Å². The van der Waals surface area contributed by atoms with Crippen molar-refractivity contribution in [3.63, 3.8) is 0 Å². The highest BCUT2D eigenvalue weighted by atomic mass is 79.9. The molecule has 0 aliphatic heterocycles. The van der Waals surface area contributed by atoms with E-state index < -0.39 is 0 Å². The first-order valence-corrected chi connectivity index (χ1v) is 7.29. The third-order valence-corrected chi connectivity index (χ3v) is 3.89. The summed E-state index contributed by atoms with van der Waals surface area (Å²) in [5.41, 5.74) is 1.94. The second kappa shape index (κ2) is 5.85. The van der Waals surface area contributed by atoms with Crippen LogP contribution in [0.5, 0.6) is 5.75 Å². The van der Waals surface area contributed by atoms with Crippen LogP contribution in [-0.4, -0.2) is 18.0 Å². The number of thiazole rings is 1. The van der Waals surface area contributed by atoms with Gasteiger partial charge in [-0.05, 0) is 18.2 Å². The number of benzene rings is 1. The normalized spacial score (nSPS) is 10.5. The molecule has 0 radical (unpaired) electrons. The van der Waals surface area contributed by atoms with Crippen LogP contribution in [-0.2, 0) is 6.42 Å². The lowest BCUT2D eigenvalue weighted by Crippen LogP contribution is -1.89. The number of aromatic nitrogens is 1. The highest BCUT2D eigenvalue weighted by molar-refractivity contribution is 9.10. The van der Waals surface area contributed by atoms with Crippen LogP contribution in [0, 0.1) is 0 Å². The van der Waals surface area contributed by atoms with Crippen LogP contribution < -0.4 is 4.74 Å². The van der Waals surface area contributed by atoms with Gasteiger partial charge in [0.25, 0.3) is 0 Å². The minimum absolute atomic E-state index is 0.600. The van der Waals surface area contributed by atoms with Gasteiger partial charge in [0.2, 0.25) is 0 Å². The highest BCUT2D eigenvalue weighted by Crippen LogP contribution is 2.33. The molecule has 5 heteroatoms. The quantitative estimate of drug-likeness (QED) is 0.776. The fourth-order valence-corrected chi connectivity index (χ4v) is 2.96. The van der Waals surface area contributed by atoms with Crippen molar-refractivity contribution in [2.45, 2.75) is 6.42 Å². The number of alkyl halides is 1. The lowest BCUT2D eigenvalue weighted by molar-refractivity contribution is 0.416. The lowest BCUT2D eigenvalue weighted by atomic mass is 10.1. The van der Waals surface area contributed by atoms with Crippen LogP contribution in [0.15, 0.2) is 28.1 Å². The van der Waals surface area contributed by atoms with Gasteiger partial charge in [-0.25, -0.2) is 4.98 Å². The van der Waals surface area contributed by atoms with E-state index >= 15 is 0 Å². The van der Waals surface area contributed by atoms with Crippen molar-refractivity contribution in [3.8, 4) is 17.0 Å². The Kier molecular flexibility index (Phi) is 4.42. The summed E-state index contributed by atoms with van der Waals surface area (Å²) in [6, 6.07) is 5.90. The number of methoxy groups -OCH3 is 1. The number of hydrogen-bond acceptors (Lipinski definition) is 3. The van der Waals surface area contributed by atoms with Crippen molar-refractivity contribution in [1.82, 2.24) is 4.98 Å². The Bertz CT molecular complexity index is 515. The molecule has 17 heavy (non-hydrogen) atoms. The lowest BCUT2D eigenvalue weighted by Gasteiger charge is -2.06. The summed E-state index contributed by atoms with van der Waals surface area (Å²) in [6.07, 6.45) is 0.808. The average Bonchev–Trinajstić information content (AvgIpc) is 2.78. The van der Waals surface area contributed by atoms with Crippen LogP contribution in [0.3, 0.4) is 0 Å². The SMILES string of the molecule is COc1ccc(Br)cc1-c1csc(CCCl)n1. The maximum absolute atomic E-state index is 5.71. The molecule has 0 amide bonds. The summed E-state index contributed by atoms with van der Waals surface area (Å²) < 4.78 is 6.36. The molecule has 0 N–H and O–H groups in total. The molecule has 0 saturated carbocycles. The fourth-order valence-electron chi connectivity index (χ4n) is 1.51. The van der Waals surface area contributed by atoms with E-state index in [4.69, 9.17) is 16.3 Å². The van der Waals surface area contributed by atoms with Crippen molar-refractivity contribution in [2.24, 2.45) is 0 Å². The molecule has 0 bridgehead atoms. The van der Waals surface area contributed by atoms with E-state index in [2.05, 4.69) is 20.9 Å². The van der Waals surface area contributed by atoms with Crippen LogP contribution in [0.1, 0.15) is 5.01 Å². The number of halogens is 2. The number of aryl methyl sites for hydroxylation is 1. The van der Waals surface area contributed by atoms with E-state index in [9.17, 15) is 0 Å². The second-order valence-corrected chi connectivity index (χ2v) is 5.65. The maximum Gasteiger partial charge on any atom is 0.128 e. The van der Waals surface area contributed by atoms with Crippen molar-refractivity contribution in [2.75, 3.05) is 13.0 Å². The Labute approximate surface area is 118 Å². The van der Waals surface area contributed by atoms with Crippen LogP contribution in [0.25, 0.3) is 11.3 Å². The molecule has 2 rings (SSSR count). The third kappa shape index (κ3) is 3.00. The molecule has 0 spiro atoms. The molecule has 0 aliphatic carbocycles. The third-order valence-electron chi connectivity index (χ3n) is 2.30. The molecule has 1 aromatic carbocycles. The zero-order valence-electron chi connectivity index (χ0n) is 9.24. The first kappa shape index (κ1) is 12.9. The molecule has 0 fully saturated rings. The van der Waals surface area contributed by atoms with E-state index in [1.54, 1.807) is 18.4 Å². The number of nitrogens with zero attached hydrogens (tertiary/aromatic N) is 1. The average molecular weight is 333 g/mol. The van der Waals surface area contributed by atoms with Crippen LogP contribution in [0.4, 0.5) is 0 Å². The van der Waals surface area contributed by atoms with Gasteiger partial charge < -0.3 is 4.74 Å². The van der Waals surface area contributed by atoms with Gasteiger partial charge in [-0.1, -0.05) is 15.9 Å². The summed E-state index contributed by atoms with van der Waals surface area (Å²) in [4.78, 5) is 4.55. The molecule has 2 nitrogen and oxygen atoms in total. The number of hydrogen-bond donors (Lipinski definition) is 0. The van der Waals surface area contributed by atoms with E-state index in [-0.39, 0.29) is 0 Å². The van der Waals surface area contributed by atoms with Crippen molar-refractivity contribution >= 4 is 38.9 Å². The molecule has 0 saturated heterocycles. The first-order valence-electron chi connectivity index (χ1n) is 5.09. The molecule has 2 aromatic rings. The number of ether oxygens (including phenoxy) is 1. The zero-order valence-corrected chi connectivity index (χ0v) is 12.4. The van der Waals surface area contributed by atoms with Crippen molar-refractivity contribution in [1.29, 1.82) is 0 Å². The standard InChI is InChI=1S/C12H11BrClNOS/c1-16-11-3-2-8(13)6-9(11)10-7-17-12(15-10)4-5-14/h2-3,6-7H,4-5H2,1H3. The largest absolute Gasteiger partial charge is 0.496 e. The molecular formula is C12H11BrClNOS. The zero-order chi connectivity index (χ0) is 12.3. The predicted octanol–water partition coefficient (Wildman–Crippen LogP) is 4.36. The Morgan fingerprint density at radius 1 is 1.47 bits per heavy atom. The van der Waals surface area contributed by atoms with Gasteiger partial charge in [-0.15, -0.1) is 22.9 Å². The van der Waals surface area contributed by atoms with E-state index in [0.29, 0.717) is 5.88 Å². The monoisotopic (exact) mass is 331 g/mol. The van der Waals surface area contributed by atoms with Gasteiger partial charge in [0, 0.05) is 27.7 Å². The van der Waals surface area contributed by atoms with Crippen molar-refractivity contribution < 1.29 is 4.74 Å². The van der Waals surface area contributed by atoms with Crippen molar-refractivity contribution in [3.05, 3.63) is 33.1 Å². The minimum Gasteiger partial charge on any atom is -0.496 e. The first-order chi connectivity index (χ1) is 8.24. The molecular weight excluding hydrogens is 322 g/mol. The summed E-state index contributed by atoms with van der Waals surface area (Å²) in [5.74, 6) is 1.43. The Morgan fingerprint density at radius 3 is 3.00 bits per heavy atom. The summed E-state index contributed by atoms with van der Waals surface area (Å²) in [5, 5.41) is 3.09. The summed E-state index contributed by atoms with van der Waals surface area (Å²) in [7, 11) is 1.67. The van der Waals surface area contributed by atoms with Gasteiger partial charge in [0.1, 0.15) is 5.75 Å². The van der Waals surface area contributed by atoms with E-state index in [1.165, 1.54) is 0 Å². The second-order valence-electron chi connectivity index (χ2n) is 3.41. The smallest absolute Gasteiger partial charge is 0.128 e. The maximum atomic E-state index is 5.71. The Hall–Kier alpha value is -0.580. The molecule has 0 atom stereocenters. The van der Waals surface area contributed by atoms with E-state index in [0.717, 1.165) is 32.9 Å².